The number of rotatable bonds is 6. The van der Waals surface area contributed by atoms with Crippen molar-refractivity contribution in [2.75, 3.05) is 6.54 Å². The summed E-state index contributed by atoms with van der Waals surface area (Å²) in [7, 11) is 0. The molecule has 1 rings (SSSR count). The first-order valence-corrected chi connectivity index (χ1v) is 7.14. The van der Waals surface area contributed by atoms with Gasteiger partial charge >= 0.3 is 0 Å². The van der Waals surface area contributed by atoms with Crippen molar-refractivity contribution in [3.63, 3.8) is 0 Å². The Morgan fingerprint density at radius 2 is 2.00 bits per heavy atom. The van der Waals surface area contributed by atoms with E-state index in [1.807, 2.05) is 0 Å². The van der Waals surface area contributed by atoms with E-state index in [-0.39, 0.29) is 0 Å². The molecule has 94 valence electrons. The topological polar surface area (TPSA) is 12.0 Å². The van der Waals surface area contributed by atoms with Crippen molar-refractivity contribution < 1.29 is 0 Å². The van der Waals surface area contributed by atoms with E-state index in [1.165, 1.54) is 38.5 Å². The van der Waals surface area contributed by atoms with Crippen LogP contribution >= 0.6 is 0 Å². The van der Waals surface area contributed by atoms with Crippen LogP contribution in [0.1, 0.15) is 59.3 Å². The van der Waals surface area contributed by atoms with Crippen LogP contribution in [0.2, 0.25) is 0 Å². The Morgan fingerprint density at radius 3 is 2.69 bits per heavy atom. The van der Waals surface area contributed by atoms with Crippen LogP contribution in [0.5, 0.6) is 0 Å². The van der Waals surface area contributed by atoms with Gasteiger partial charge in [-0.05, 0) is 37.6 Å². The van der Waals surface area contributed by atoms with Gasteiger partial charge in [0.2, 0.25) is 0 Å². The van der Waals surface area contributed by atoms with Gasteiger partial charge in [0.15, 0.2) is 0 Å². The van der Waals surface area contributed by atoms with Crippen molar-refractivity contribution in [3.8, 4) is 0 Å². The van der Waals surface area contributed by atoms with Gasteiger partial charge in [-0.25, -0.2) is 0 Å². The van der Waals surface area contributed by atoms with Crippen molar-refractivity contribution in [1.82, 2.24) is 5.32 Å². The lowest BCUT2D eigenvalue weighted by molar-refractivity contribution is 0.276. The highest BCUT2D eigenvalue weighted by molar-refractivity contribution is 4.93. The molecule has 0 aliphatic heterocycles. The van der Waals surface area contributed by atoms with Gasteiger partial charge in [0.05, 0.1) is 0 Å². The van der Waals surface area contributed by atoms with Gasteiger partial charge in [-0.15, -0.1) is 0 Å². The van der Waals surface area contributed by atoms with Crippen LogP contribution in [0, 0.1) is 11.8 Å². The smallest absolute Gasteiger partial charge is 0.00105 e. The highest BCUT2D eigenvalue weighted by Crippen LogP contribution is 2.32. The zero-order valence-corrected chi connectivity index (χ0v) is 11.3. The molecule has 2 atom stereocenters. The van der Waals surface area contributed by atoms with Gasteiger partial charge in [-0.3, -0.25) is 0 Å². The first-order valence-electron chi connectivity index (χ1n) is 7.14. The Balaban J connectivity index is 2.20. The molecule has 0 amide bonds. The highest BCUT2D eigenvalue weighted by Gasteiger charge is 2.20. The van der Waals surface area contributed by atoms with Gasteiger partial charge in [0, 0.05) is 6.04 Å². The number of hydrogen-bond donors (Lipinski definition) is 1. The minimum absolute atomic E-state index is 0.617. The van der Waals surface area contributed by atoms with Crippen LogP contribution in [0.25, 0.3) is 0 Å². The summed E-state index contributed by atoms with van der Waals surface area (Å²) in [4.78, 5) is 0. The second-order valence-electron chi connectivity index (χ2n) is 5.44. The zero-order chi connectivity index (χ0) is 11.8. The van der Waals surface area contributed by atoms with Crippen LogP contribution in [0.4, 0.5) is 0 Å². The molecule has 1 N–H and O–H groups in total. The van der Waals surface area contributed by atoms with E-state index >= 15 is 0 Å². The van der Waals surface area contributed by atoms with Crippen molar-refractivity contribution in [3.05, 3.63) is 12.2 Å². The molecule has 0 heterocycles. The number of nitrogens with one attached hydrogen (secondary N) is 1. The Morgan fingerprint density at radius 1 is 1.25 bits per heavy atom. The first-order chi connectivity index (χ1) is 7.74. The van der Waals surface area contributed by atoms with Crippen LogP contribution in [-0.2, 0) is 0 Å². The van der Waals surface area contributed by atoms with Crippen LogP contribution < -0.4 is 5.32 Å². The Hall–Kier alpha value is -0.300. The molecule has 0 aromatic heterocycles. The molecular formula is C15H29N. The van der Waals surface area contributed by atoms with E-state index in [2.05, 4.69) is 38.2 Å². The largest absolute Gasteiger partial charge is 0.314 e. The predicted octanol–water partition coefficient (Wildman–Crippen LogP) is 4.15. The lowest BCUT2D eigenvalue weighted by Gasteiger charge is -2.28. The molecule has 0 bridgehead atoms. The van der Waals surface area contributed by atoms with E-state index in [9.17, 15) is 0 Å². The maximum Gasteiger partial charge on any atom is 0.00105 e. The third kappa shape index (κ3) is 5.16. The summed E-state index contributed by atoms with van der Waals surface area (Å²) in [6.45, 7) is 7.88. The Labute approximate surface area is 102 Å². The van der Waals surface area contributed by atoms with Crippen LogP contribution in [0.3, 0.4) is 0 Å². The van der Waals surface area contributed by atoms with Crippen molar-refractivity contribution in [2.24, 2.45) is 11.8 Å². The fourth-order valence-electron chi connectivity index (χ4n) is 2.72. The van der Waals surface area contributed by atoms with Crippen molar-refractivity contribution in [1.29, 1.82) is 0 Å². The summed E-state index contributed by atoms with van der Waals surface area (Å²) in [5, 5.41) is 3.46. The second kappa shape index (κ2) is 7.89. The summed E-state index contributed by atoms with van der Waals surface area (Å²) in [6, 6.07) is 0.617. The molecule has 0 radical (unpaired) electrons. The van der Waals surface area contributed by atoms with E-state index in [0.29, 0.717) is 6.04 Å². The average molecular weight is 223 g/mol. The fourth-order valence-corrected chi connectivity index (χ4v) is 2.72. The molecule has 0 aromatic carbocycles. The molecule has 0 saturated heterocycles. The quantitative estimate of drug-likeness (QED) is 0.527. The predicted molar refractivity (Wildman–Crippen MR) is 72.6 cm³/mol. The first kappa shape index (κ1) is 13.8. The van der Waals surface area contributed by atoms with Crippen molar-refractivity contribution in [2.45, 2.75) is 65.3 Å². The molecule has 1 aliphatic carbocycles. The molecule has 2 unspecified atom stereocenters. The molecule has 16 heavy (non-hydrogen) atoms. The average Bonchev–Trinajstić information content (AvgIpc) is 2.29. The molecule has 0 spiro atoms. The minimum atomic E-state index is 0.617. The maximum absolute atomic E-state index is 3.46. The van der Waals surface area contributed by atoms with Crippen molar-refractivity contribution >= 4 is 0 Å². The zero-order valence-electron chi connectivity index (χ0n) is 11.3. The molecule has 0 aromatic rings. The van der Waals surface area contributed by atoms with Gasteiger partial charge < -0.3 is 5.32 Å². The third-order valence-corrected chi connectivity index (χ3v) is 3.74. The van der Waals surface area contributed by atoms with E-state index in [0.717, 1.165) is 18.4 Å². The molecule has 1 nitrogen and oxygen atoms in total. The van der Waals surface area contributed by atoms with Gasteiger partial charge in [0.1, 0.15) is 0 Å². The molecule has 1 heteroatoms. The Bertz CT molecular complexity index is 196. The SMILES string of the molecule is CCC1CCCCC1/C=C/CCNC(C)C. The molecule has 1 fully saturated rings. The van der Waals surface area contributed by atoms with Gasteiger partial charge in [-0.2, -0.15) is 0 Å². The molecule has 1 saturated carbocycles. The Kier molecular flexibility index (Phi) is 6.79. The fraction of sp³-hybridized carbons (Fsp3) is 0.867. The normalized spacial score (nSPS) is 26.8. The van der Waals surface area contributed by atoms with Crippen LogP contribution in [0.15, 0.2) is 12.2 Å². The lowest BCUT2D eigenvalue weighted by Crippen LogP contribution is -2.23. The number of hydrogen-bond acceptors (Lipinski definition) is 1. The molecular weight excluding hydrogens is 194 g/mol. The highest BCUT2D eigenvalue weighted by atomic mass is 14.9. The monoisotopic (exact) mass is 223 g/mol. The van der Waals surface area contributed by atoms with E-state index in [4.69, 9.17) is 0 Å². The van der Waals surface area contributed by atoms with Crippen LogP contribution in [-0.4, -0.2) is 12.6 Å². The summed E-state index contributed by atoms with van der Waals surface area (Å²) in [5.41, 5.74) is 0. The third-order valence-electron chi connectivity index (χ3n) is 3.74. The summed E-state index contributed by atoms with van der Waals surface area (Å²) in [5.74, 6) is 1.83. The number of allylic oxidation sites excluding steroid dienone is 1. The summed E-state index contributed by atoms with van der Waals surface area (Å²) < 4.78 is 0. The summed E-state index contributed by atoms with van der Waals surface area (Å²) in [6.07, 6.45) is 13.2. The van der Waals surface area contributed by atoms with Gasteiger partial charge in [-0.1, -0.05) is 52.2 Å². The molecule has 1 aliphatic rings. The maximum atomic E-state index is 3.46. The minimum Gasteiger partial charge on any atom is -0.314 e. The van der Waals surface area contributed by atoms with E-state index < -0.39 is 0 Å². The van der Waals surface area contributed by atoms with Gasteiger partial charge in [0.25, 0.3) is 0 Å². The summed E-state index contributed by atoms with van der Waals surface area (Å²) >= 11 is 0. The second-order valence-corrected chi connectivity index (χ2v) is 5.44. The standard InChI is InChI=1S/C15H29N/c1-4-14-9-5-6-10-15(14)11-7-8-12-16-13(2)3/h7,11,13-16H,4-6,8-10,12H2,1-3H3/b11-7+. The van der Waals surface area contributed by atoms with E-state index in [1.54, 1.807) is 0 Å². The lowest BCUT2D eigenvalue weighted by atomic mass is 9.77.